The number of nitrogens with one attached hydrogen (secondary N) is 1. The standard InChI is InChI=1S/C29H41N3O4/c1-31(2)13-12-30-29(33)25-14-22(20-36-26-10-9-23-6-5-7-24(23)16-26)18-32(19-25)17-21-8-11-27(34-3)28(15-21)35-4/h8-11,15-16,22,25H,5-7,12-14,17-20H2,1-4H3,(H,30,33)/t22-,25+/m0/s1. The number of likely N-dealkylation sites (tertiary alicyclic amines) is 1. The Morgan fingerprint density at radius 3 is 2.61 bits per heavy atom. The molecule has 196 valence electrons. The fraction of sp³-hybridized carbons (Fsp3) is 0.552. The Morgan fingerprint density at radius 1 is 1.03 bits per heavy atom. The third-order valence-corrected chi connectivity index (χ3v) is 7.25. The van der Waals surface area contributed by atoms with Crippen LogP contribution in [0.3, 0.4) is 0 Å². The van der Waals surface area contributed by atoms with Gasteiger partial charge in [0.2, 0.25) is 5.91 Å². The van der Waals surface area contributed by atoms with E-state index in [9.17, 15) is 4.79 Å². The number of hydrogen-bond donors (Lipinski definition) is 1. The van der Waals surface area contributed by atoms with Crippen LogP contribution in [0.5, 0.6) is 17.2 Å². The van der Waals surface area contributed by atoms with E-state index in [1.54, 1.807) is 14.2 Å². The molecule has 4 rings (SSSR count). The Bertz CT molecular complexity index is 1030. The predicted octanol–water partition coefficient (Wildman–Crippen LogP) is 3.39. The van der Waals surface area contributed by atoms with Crippen LogP contribution in [0.2, 0.25) is 0 Å². The van der Waals surface area contributed by atoms with Crippen LogP contribution in [-0.4, -0.2) is 76.8 Å². The Labute approximate surface area is 215 Å². The van der Waals surface area contributed by atoms with Crippen LogP contribution in [0.4, 0.5) is 0 Å². The zero-order valence-corrected chi connectivity index (χ0v) is 22.2. The quantitative estimate of drug-likeness (QED) is 0.516. The van der Waals surface area contributed by atoms with Gasteiger partial charge in [0, 0.05) is 38.6 Å². The molecule has 1 N–H and O–H groups in total. The molecule has 2 aliphatic rings. The fourth-order valence-electron chi connectivity index (χ4n) is 5.38. The van der Waals surface area contributed by atoms with Gasteiger partial charge in [-0.25, -0.2) is 0 Å². The molecule has 0 aromatic heterocycles. The number of nitrogens with zero attached hydrogens (tertiary/aromatic N) is 2. The van der Waals surface area contributed by atoms with E-state index in [4.69, 9.17) is 14.2 Å². The predicted molar refractivity (Wildman–Crippen MR) is 142 cm³/mol. The number of ether oxygens (including phenoxy) is 3. The number of methoxy groups -OCH3 is 2. The van der Waals surface area contributed by atoms with E-state index < -0.39 is 0 Å². The van der Waals surface area contributed by atoms with Gasteiger partial charge in [-0.1, -0.05) is 12.1 Å². The zero-order valence-electron chi connectivity index (χ0n) is 22.2. The molecule has 1 aliphatic carbocycles. The van der Waals surface area contributed by atoms with Crippen LogP contribution < -0.4 is 19.5 Å². The molecule has 0 radical (unpaired) electrons. The average Bonchev–Trinajstić information content (AvgIpc) is 3.35. The van der Waals surface area contributed by atoms with Gasteiger partial charge in [0.1, 0.15) is 5.75 Å². The molecule has 1 heterocycles. The Kier molecular flexibility index (Phi) is 9.10. The van der Waals surface area contributed by atoms with Crippen LogP contribution in [0.25, 0.3) is 0 Å². The molecule has 7 heteroatoms. The molecule has 2 aromatic carbocycles. The number of benzene rings is 2. The maximum atomic E-state index is 13.1. The normalized spacial score (nSPS) is 19.7. The molecule has 0 saturated carbocycles. The van der Waals surface area contributed by atoms with E-state index in [2.05, 4.69) is 39.4 Å². The monoisotopic (exact) mass is 495 g/mol. The lowest BCUT2D eigenvalue weighted by atomic mass is 9.88. The van der Waals surface area contributed by atoms with Crippen LogP contribution in [0.1, 0.15) is 29.5 Å². The van der Waals surface area contributed by atoms with E-state index in [1.807, 2.05) is 26.2 Å². The van der Waals surface area contributed by atoms with Crippen LogP contribution >= 0.6 is 0 Å². The largest absolute Gasteiger partial charge is 0.493 e. The maximum absolute atomic E-state index is 13.1. The zero-order chi connectivity index (χ0) is 25.5. The summed E-state index contributed by atoms with van der Waals surface area (Å²) in [6.07, 6.45) is 4.39. The molecule has 1 amide bonds. The summed E-state index contributed by atoms with van der Waals surface area (Å²) in [4.78, 5) is 17.5. The number of carbonyl (C=O) groups is 1. The van der Waals surface area contributed by atoms with Crippen molar-refractivity contribution in [2.24, 2.45) is 11.8 Å². The summed E-state index contributed by atoms with van der Waals surface area (Å²) >= 11 is 0. The highest BCUT2D eigenvalue weighted by molar-refractivity contribution is 5.79. The average molecular weight is 496 g/mol. The minimum absolute atomic E-state index is 0.0605. The van der Waals surface area contributed by atoms with Crippen LogP contribution in [0.15, 0.2) is 36.4 Å². The van der Waals surface area contributed by atoms with Crippen molar-refractivity contribution in [3.8, 4) is 17.2 Å². The van der Waals surface area contributed by atoms with Gasteiger partial charge in [0.15, 0.2) is 11.5 Å². The number of carbonyl (C=O) groups excluding carboxylic acids is 1. The van der Waals surface area contributed by atoms with E-state index in [1.165, 1.54) is 24.0 Å². The van der Waals surface area contributed by atoms with Crippen molar-refractivity contribution >= 4 is 5.91 Å². The summed E-state index contributed by atoms with van der Waals surface area (Å²) in [5, 5.41) is 3.14. The van der Waals surface area contributed by atoms with Crippen molar-refractivity contribution in [3.05, 3.63) is 53.1 Å². The number of amides is 1. The number of likely N-dealkylation sites (N-methyl/N-ethyl adjacent to an activating group) is 1. The molecule has 0 spiro atoms. The topological polar surface area (TPSA) is 63.3 Å². The summed E-state index contributed by atoms with van der Waals surface area (Å²) in [5.74, 6) is 2.74. The van der Waals surface area contributed by atoms with Crippen molar-refractivity contribution in [1.29, 1.82) is 0 Å². The van der Waals surface area contributed by atoms with Gasteiger partial charge in [-0.05, 0) is 80.7 Å². The molecule has 7 nitrogen and oxygen atoms in total. The first-order valence-corrected chi connectivity index (χ1v) is 13.1. The second-order valence-corrected chi connectivity index (χ2v) is 10.4. The van der Waals surface area contributed by atoms with Gasteiger partial charge in [-0.15, -0.1) is 0 Å². The minimum Gasteiger partial charge on any atom is -0.493 e. The van der Waals surface area contributed by atoms with E-state index in [-0.39, 0.29) is 17.7 Å². The molecule has 0 unspecified atom stereocenters. The lowest BCUT2D eigenvalue weighted by Crippen LogP contribution is -2.48. The highest BCUT2D eigenvalue weighted by Crippen LogP contribution is 2.31. The second-order valence-electron chi connectivity index (χ2n) is 10.4. The molecule has 2 atom stereocenters. The molecular weight excluding hydrogens is 454 g/mol. The summed E-state index contributed by atoms with van der Waals surface area (Å²) < 4.78 is 17.2. The molecule has 2 aromatic rings. The molecule has 0 bridgehead atoms. The number of fused-ring (bicyclic) bond motifs is 1. The molecular formula is C29H41N3O4. The lowest BCUT2D eigenvalue weighted by Gasteiger charge is -2.37. The third kappa shape index (κ3) is 6.92. The number of rotatable bonds is 11. The number of piperidine rings is 1. The van der Waals surface area contributed by atoms with Gasteiger partial charge in [0.05, 0.1) is 26.7 Å². The van der Waals surface area contributed by atoms with Crippen molar-refractivity contribution in [3.63, 3.8) is 0 Å². The Balaban J connectivity index is 1.42. The maximum Gasteiger partial charge on any atom is 0.224 e. The first-order chi connectivity index (χ1) is 17.4. The van der Waals surface area contributed by atoms with E-state index in [0.717, 1.165) is 61.8 Å². The number of hydrogen-bond acceptors (Lipinski definition) is 6. The Morgan fingerprint density at radius 2 is 1.83 bits per heavy atom. The van der Waals surface area contributed by atoms with Gasteiger partial charge < -0.3 is 24.4 Å². The van der Waals surface area contributed by atoms with Crippen molar-refractivity contribution in [2.75, 3.05) is 61.1 Å². The molecule has 36 heavy (non-hydrogen) atoms. The molecule has 1 fully saturated rings. The van der Waals surface area contributed by atoms with Crippen LogP contribution in [-0.2, 0) is 24.2 Å². The summed E-state index contributed by atoms with van der Waals surface area (Å²) in [6.45, 7) is 4.48. The van der Waals surface area contributed by atoms with E-state index >= 15 is 0 Å². The highest BCUT2D eigenvalue weighted by atomic mass is 16.5. The third-order valence-electron chi connectivity index (χ3n) is 7.25. The second kappa shape index (κ2) is 12.5. The summed E-state index contributed by atoms with van der Waals surface area (Å²) in [6, 6.07) is 12.5. The SMILES string of the molecule is COc1ccc(CN2C[C@@H](COc3ccc4c(c3)CCC4)C[C@@H](C(=O)NCCN(C)C)C2)cc1OC. The lowest BCUT2D eigenvalue weighted by molar-refractivity contribution is -0.127. The number of aryl methyl sites for hydroxylation is 2. The van der Waals surface area contributed by atoms with E-state index in [0.29, 0.717) is 13.2 Å². The summed E-state index contributed by atoms with van der Waals surface area (Å²) in [7, 11) is 7.34. The van der Waals surface area contributed by atoms with Gasteiger partial charge in [0.25, 0.3) is 0 Å². The van der Waals surface area contributed by atoms with Gasteiger partial charge >= 0.3 is 0 Å². The molecule has 1 saturated heterocycles. The smallest absolute Gasteiger partial charge is 0.224 e. The van der Waals surface area contributed by atoms with Crippen LogP contribution in [0, 0.1) is 11.8 Å². The fourth-order valence-corrected chi connectivity index (χ4v) is 5.38. The Hall–Kier alpha value is -2.77. The van der Waals surface area contributed by atoms with Gasteiger partial charge in [-0.2, -0.15) is 0 Å². The van der Waals surface area contributed by atoms with Crippen molar-refractivity contribution in [1.82, 2.24) is 15.1 Å². The molecule has 1 aliphatic heterocycles. The first-order valence-electron chi connectivity index (χ1n) is 13.1. The van der Waals surface area contributed by atoms with Crippen molar-refractivity contribution in [2.45, 2.75) is 32.2 Å². The van der Waals surface area contributed by atoms with Gasteiger partial charge in [-0.3, -0.25) is 9.69 Å². The first kappa shape index (κ1) is 26.3. The highest BCUT2D eigenvalue weighted by Gasteiger charge is 2.32. The minimum atomic E-state index is -0.0605. The summed E-state index contributed by atoms with van der Waals surface area (Å²) in [5.41, 5.74) is 4.01. The van der Waals surface area contributed by atoms with Crippen molar-refractivity contribution < 1.29 is 19.0 Å².